The van der Waals surface area contributed by atoms with Gasteiger partial charge in [-0.05, 0) is 47.3 Å². The second-order valence-electron chi connectivity index (χ2n) is 6.57. The number of fused-ring (bicyclic) bond motifs is 1. The van der Waals surface area contributed by atoms with E-state index < -0.39 is 22.8 Å². The minimum atomic E-state index is -4.62. The first-order valence-electron chi connectivity index (χ1n) is 8.89. The monoisotopic (exact) mass is 462 g/mol. The molecule has 0 unspecified atom stereocenters. The molecule has 0 aliphatic rings. The van der Waals surface area contributed by atoms with Crippen molar-refractivity contribution in [3.8, 4) is 11.1 Å². The highest BCUT2D eigenvalue weighted by atomic mass is 35.5. The van der Waals surface area contributed by atoms with Crippen LogP contribution in [0.1, 0.15) is 5.56 Å². The number of carbonyl (C=O) groups excluding carboxylic acids is 1. The Labute approximate surface area is 183 Å². The van der Waals surface area contributed by atoms with E-state index in [1.807, 2.05) is 23.6 Å². The summed E-state index contributed by atoms with van der Waals surface area (Å²) >= 11 is 7.14. The highest BCUT2D eigenvalue weighted by molar-refractivity contribution is 7.17. The van der Waals surface area contributed by atoms with Crippen LogP contribution < -0.4 is 16.4 Å². The lowest BCUT2D eigenvalue weighted by molar-refractivity contribution is -0.137. The number of urea groups is 1. The number of benzene rings is 2. The van der Waals surface area contributed by atoms with Crippen LogP contribution in [0.2, 0.25) is 5.02 Å². The molecule has 0 atom stereocenters. The molecule has 2 amide bonds. The molecule has 0 spiro atoms. The SMILES string of the molecule is Nc1nccc2scc(-c3ccc(NC(=O)Nc4ccc(Cl)c(C(F)(F)F)c4)cc3)c12. The molecule has 0 saturated heterocycles. The van der Waals surface area contributed by atoms with Gasteiger partial charge in [0.05, 0.1) is 10.6 Å². The third-order valence-electron chi connectivity index (χ3n) is 4.50. The molecule has 0 bridgehead atoms. The third-order valence-corrected chi connectivity index (χ3v) is 5.78. The van der Waals surface area contributed by atoms with E-state index >= 15 is 0 Å². The van der Waals surface area contributed by atoms with Crippen LogP contribution in [-0.2, 0) is 6.18 Å². The Morgan fingerprint density at radius 3 is 2.42 bits per heavy atom. The van der Waals surface area contributed by atoms with Gasteiger partial charge in [0.2, 0.25) is 0 Å². The number of pyridine rings is 1. The summed E-state index contributed by atoms with van der Waals surface area (Å²) in [4.78, 5) is 16.3. The first-order valence-corrected chi connectivity index (χ1v) is 10.1. The van der Waals surface area contributed by atoms with Crippen LogP contribution in [0.15, 0.2) is 60.1 Å². The lowest BCUT2D eigenvalue weighted by Gasteiger charge is -2.12. The standard InChI is InChI=1S/C21H14ClF3N4OS/c22-16-6-5-13(9-15(16)21(23,24)25)29-20(30)28-12-3-1-11(2-4-12)14-10-31-17-7-8-27-19(26)18(14)17/h1-10H,(H2,26,27)(H2,28,29,30). The topological polar surface area (TPSA) is 80.0 Å². The number of hydrogen-bond acceptors (Lipinski definition) is 4. The zero-order chi connectivity index (χ0) is 22.2. The quantitative estimate of drug-likeness (QED) is 0.311. The van der Waals surface area contributed by atoms with Crippen LogP contribution in [0.3, 0.4) is 0 Å². The molecule has 2 heterocycles. The van der Waals surface area contributed by atoms with Gasteiger partial charge in [-0.15, -0.1) is 11.3 Å². The van der Waals surface area contributed by atoms with Gasteiger partial charge in [0.15, 0.2) is 0 Å². The Morgan fingerprint density at radius 1 is 1.03 bits per heavy atom. The van der Waals surface area contributed by atoms with Gasteiger partial charge in [-0.1, -0.05) is 23.7 Å². The van der Waals surface area contributed by atoms with Crippen molar-refractivity contribution >= 4 is 56.2 Å². The van der Waals surface area contributed by atoms with E-state index in [4.69, 9.17) is 17.3 Å². The number of nitrogens with two attached hydrogens (primary N) is 1. The molecule has 2 aromatic heterocycles. The number of hydrogen-bond donors (Lipinski definition) is 3. The molecule has 2 aromatic carbocycles. The summed E-state index contributed by atoms with van der Waals surface area (Å²) < 4.78 is 39.9. The van der Waals surface area contributed by atoms with Gasteiger partial charge in [-0.2, -0.15) is 13.2 Å². The molecule has 158 valence electrons. The zero-order valence-corrected chi connectivity index (χ0v) is 17.2. The second kappa shape index (κ2) is 8.09. The van der Waals surface area contributed by atoms with E-state index in [0.717, 1.165) is 33.3 Å². The molecule has 0 aliphatic carbocycles. The summed E-state index contributed by atoms with van der Waals surface area (Å²) in [5.74, 6) is 0.441. The van der Waals surface area contributed by atoms with Crippen molar-refractivity contribution in [2.24, 2.45) is 0 Å². The van der Waals surface area contributed by atoms with Crippen molar-refractivity contribution in [2.45, 2.75) is 6.18 Å². The molecular weight excluding hydrogens is 449 g/mol. The summed E-state index contributed by atoms with van der Waals surface area (Å²) in [6.07, 6.45) is -2.96. The van der Waals surface area contributed by atoms with E-state index in [9.17, 15) is 18.0 Å². The lowest BCUT2D eigenvalue weighted by atomic mass is 10.1. The number of alkyl halides is 3. The normalized spacial score (nSPS) is 11.5. The fourth-order valence-corrected chi connectivity index (χ4v) is 4.26. The van der Waals surface area contributed by atoms with Crippen LogP contribution in [0.4, 0.5) is 35.2 Å². The fraction of sp³-hybridized carbons (Fsp3) is 0.0476. The maximum absolute atomic E-state index is 13.0. The first kappa shape index (κ1) is 21.0. The third kappa shape index (κ3) is 4.42. The minimum Gasteiger partial charge on any atom is -0.383 e. The number of nitrogens with zero attached hydrogens (tertiary/aromatic N) is 1. The van der Waals surface area contributed by atoms with E-state index in [2.05, 4.69) is 15.6 Å². The predicted molar refractivity (Wildman–Crippen MR) is 119 cm³/mol. The molecule has 31 heavy (non-hydrogen) atoms. The summed E-state index contributed by atoms with van der Waals surface area (Å²) in [6.45, 7) is 0. The summed E-state index contributed by atoms with van der Waals surface area (Å²) in [6, 6.07) is 11.4. The number of amides is 2. The van der Waals surface area contributed by atoms with Gasteiger partial charge >= 0.3 is 12.2 Å². The number of carbonyl (C=O) groups is 1. The van der Waals surface area contributed by atoms with Gasteiger partial charge in [-0.3, -0.25) is 0 Å². The van der Waals surface area contributed by atoms with E-state index in [1.54, 1.807) is 29.7 Å². The first-order chi connectivity index (χ1) is 14.7. The van der Waals surface area contributed by atoms with Crippen molar-refractivity contribution in [1.82, 2.24) is 4.98 Å². The fourth-order valence-electron chi connectivity index (χ4n) is 3.07. The smallest absolute Gasteiger partial charge is 0.383 e. The van der Waals surface area contributed by atoms with Crippen molar-refractivity contribution in [2.75, 3.05) is 16.4 Å². The average molecular weight is 463 g/mol. The van der Waals surface area contributed by atoms with Crippen molar-refractivity contribution in [3.05, 3.63) is 70.7 Å². The molecule has 0 fully saturated rings. The maximum atomic E-state index is 13.0. The van der Waals surface area contributed by atoms with E-state index in [0.29, 0.717) is 11.5 Å². The maximum Gasteiger partial charge on any atom is 0.417 e. The number of thiophene rings is 1. The van der Waals surface area contributed by atoms with Crippen LogP contribution in [0, 0.1) is 0 Å². The summed E-state index contributed by atoms with van der Waals surface area (Å²) in [5.41, 5.74) is 7.25. The molecule has 0 radical (unpaired) electrons. The van der Waals surface area contributed by atoms with Crippen LogP contribution in [0.5, 0.6) is 0 Å². The molecule has 4 N–H and O–H groups in total. The Hall–Kier alpha value is -3.30. The van der Waals surface area contributed by atoms with Crippen LogP contribution in [0.25, 0.3) is 21.2 Å². The molecule has 10 heteroatoms. The van der Waals surface area contributed by atoms with Crippen LogP contribution in [-0.4, -0.2) is 11.0 Å². The van der Waals surface area contributed by atoms with Gasteiger partial charge in [0.25, 0.3) is 0 Å². The van der Waals surface area contributed by atoms with Gasteiger partial charge in [0.1, 0.15) is 5.82 Å². The average Bonchev–Trinajstić information content (AvgIpc) is 3.15. The van der Waals surface area contributed by atoms with Crippen molar-refractivity contribution in [1.29, 1.82) is 0 Å². The molecule has 0 aliphatic heterocycles. The predicted octanol–water partition coefficient (Wildman–Crippen LogP) is 6.86. The summed E-state index contributed by atoms with van der Waals surface area (Å²) in [7, 11) is 0. The number of anilines is 3. The molecule has 4 aromatic rings. The van der Waals surface area contributed by atoms with E-state index in [1.165, 1.54) is 6.07 Å². The number of nitrogen functional groups attached to an aromatic ring is 1. The number of nitrogens with one attached hydrogen (secondary N) is 2. The molecular formula is C21H14ClF3N4OS. The number of rotatable bonds is 3. The highest BCUT2D eigenvalue weighted by Crippen LogP contribution is 2.37. The van der Waals surface area contributed by atoms with Gasteiger partial charge < -0.3 is 16.4 Å². The zero-order valence-electron chi connectivity index (χ0n) is 15.6. The Bertz CT molecular complexity index is 1270. The van der Waals surface area contributed by atoms with E-state index in [-0.39, 0.29) is 5.69 Å². The second-order valence-corrected chi connectivity index (χ2v) is 7.89. The minimum absolute atomic E-state index is 0.0291. The Balaban J connectivity index is 1.49. The van der Waals surface area contributed by atoms with Crippen molar-refractivity contribution < 1.29 is 18.0 Å². The number of halogens is 4. The molecule has 4 rings (SSSR count). The Morgan fingerprint density at radius 2 is 1.71 bits per heavy atom. The lowest BCUT2D eigenvalue weighted by Crippen LogP contribution is -2.19. The van der Waals surface area contributed by atoms with Gasteiger partial charge in [0, 0.05) is 33.2 Å². The Kier molecular flexibility index (Phi) is 5.47. The van der Waals surface area contributed by atoms with Crippen molar-refractivity contribution in [3.63, 3.8) is 0 Å². The number of aromatic nitrogens is 1. The molecule has 5 nitrogen and oxygen atoms in total. The summed E-state index contributed by atoms with van der Waals surface area (Å²) in [5, 5.41) is 7.37. The highest BCUT2D eigenvalue weighted by Gasteiger charge is 2.33. The van der Waals surface area contributed by atoms with Crippen LogP contribution >= 0.6 is 22.9 Å². The largest absolute Gasteiger partial charge is 0.417 e. The van der Waals surface area contributed by atoms with Gasteiger partial charge in [-0.25, -0.2) is 9.78 Å². The molecule has 0 saturated carbocycles.